The molecule has 17 heavy (non-hydrogen) atoms. The van der Waals surface area contributed by atoms with E-state index in [0.717, 1.165) is 12.8 Å². The Hall–Kier alpha value is -1.56. The first-order chi connectivity index (χ1) is 8.04. The molecule has 0 bridgehead atoms. The minimum Gasteiger partial charge on any atom is -0.478 e. The molecule has 90 valence electrons. The Bertz CT molecular complexity index is 472. The molecule has 1 aromatic carbocycles. The number of hydrogen-bond donors (Lipinski definition) is 3. The molecule has 1 aromatic rings. The predicted molar refractivity (Wildman–Crippen MR) is 66.3 cm³/mol. The monoisotopic (exact) mass is 298 g/mol. The average molecular weight is 299 g/mol. The summed E-state index contributed by atoms with van der Waals surface area (Å²) >= 11 is 3.20. The third-order valence-electron chi connectivity index (χ3n) is 2.32. The molecule has 1 fully saturated rings. The number of amides is 2. The highest BCUT2D eigenvalue weighted by atomic mass is 79.9. The number of nitrogens with one attached hydrogen (secondary N) is 2. The van der Waals surface area contributed by atoms with E-state index in [1.165, 1.54) is 12.1 Å². The summed E-state index contributed by atoms with van der Waals surface area (Å²) < 4.78 is 0.610. The van der Waals surface area contributed by atoms with Crippen LogP contribution in [0.25, 0.3) is 0 Å². The summed E-state index contributed by atoms with van der Waals surface area (Å²) in [7, 11) is 0. The van der Waals surface area contributed by atoms with Gasteiger partial charge in [0.25, 0.3) is 0 Å². The Balaban J connectivity index is 2.08. The van der Waals surface area contributed by atoms with Gasteiger partial charge in [0.1, 0.15) is 0 Å². The first-order valence-corrected chi connectivity index (χ1v) is 5.95. The number of carbonyl (C=O) groups is 2. The van der Waals surface area contributed by atoms with Gasteiger partial charge in [0.05, 0.1) is 5.56 Å². The van der Waals surface area contributed by atoms with Crippen LogP contribution in [0.3, 0.4) is 0 Å². The predicted octanol–water partition coefficient (Wildman–Crippen LogP) is 2.43. The Kier molecular flexibility index (Phi) is 3.33. The van der Waals surface area contributed by atoms with Crippen molar-refractivity contribution in [2.45, 2.75) is 18.9 Å². The van der Waals surface area contributed by atoms with Gasteiger partial charge in [0, 0.05) is 16.2 Å². The smallest absolute Gasteiger partial charge is 0.335 e. The standard InChI is InChI=1S/C11H11BrN2O3/c12-7-3-6(10(15)16)4-9(5-7)14-11(17)13-8-1-2-8/h3-5,8H,1-2H2,(H,15,16)(H2,13,14,17). The number of rotatable bonds is 3. The van der Waals surface area contributed by atoms with Gasteiger partial charge in [-0.1, -0.05) is 15.9 Å². The van der Waals surface area contributed by atoms with Gasteiger partial charge in [0.2, 0.25) is 0 Å². The third kappa shape index (κ3) is 3.45. The van der Waals surface area contributed by atoms with Gasteiger partial charge in [-0.15, -0.1) is 0 Å². The molecule has 6 heteroatoms. The number of urea groups is 1. The lowest BCUT2D eigenvalue weighted by Gasteiger charge is -2.07. The second kappa shape index (κ2) is 4.75. The van der Waals surface area contributed by atoms with E-state index < -0.39 is 5.97 Å². The van der Waals surface area contributed by atoms with Gasteiger partial charge in [-0.2, -0.15) is 0 Å². The Morgan fingerprint density at radius 2 is 2.00 bits per heavy atom. The molecular formula is C11H11BrN2O3. The highest BCUT2D eigenvalue weighted by Gasteiger charge is 2.23. The minimum atomic E-state index is -1.03. The fourth-order valence-electron chi connectivity index (χ4n) is 1.37. The van der Waals surface area contributed by atoms with Gasteiger partial charge in [-0.05, 0) is 31.0 Å². The highest BCUT2D eigenvalue weighted by molar-refractivity contribution is 9.10. The van der Waals surface area contributed by atoms with E-state index >= 15 is 0 Å². The molecule has 1 saturated carbocycles. The lowest BCUT2D eigenvalue weighted by atomic mass is 10.2. The molecule has 0 spiro atoms. The van der Waals surface area contributed by atoms with E-state index in [2.05, 4.69) is 26.6 Å². The number of carboxylic acids is 1. The summed E-state index contributed by atoms with van der Waals surface area (Å²) in [6.45, 7) is 0. The van der Waals surface area contributed by atoms with Crippen LogP contribution >= 0.6 is 15.9 Å². The molecule has 0 radical (unpaired) electrons. The van der Waals surface area contributed by atoms with Crippen LogP contribution in [0, 0.1) is 0 Å². The van der Waals surface area contributed by atoms with Crippen LogP contribution in [0.5, 0.6) is 0 Å². The number of benzene rings is 1. The molecule has 5 nitrogen and oxygen atoms in total. The first kappa shape index (κ1) is 11.9. The zero-order chi connectivity index (χ0) is 12.4. The largest absolute Gasteiger partial charge is 0.478 e. The Labute approximate surface area is 106 Å². The Morgan fingerprint density at radius 1 is 1.29 bits per heavy atom. The summed E-state index contributed by atoms with van der Waals surface area (Å²) in [4.78, 5) is 22.3. The topological polar surface area (TPSA) is 78.4 Å². The lowest BCUT2D eigenvalue weighted by molar-refractivity contribution is 0.0697. The van der Waals surface area contributed by atoms with Gasteiger partial charge in [0.15, 0.2) is 0 Å². The van der Waals surface area contributed by atoms with Crippen LogP contribution in [0.2, 0.25) is 0 Å². The molecule has 0 aliphatic heterocycles. The maximum absolute atomic E-state index is 11.5. The van der Waals surface area contributed by atoms with Gasteiger partial charge >= 0.3 is 12.0 Å². The number of hydrogen-bond acceptors (Lipinski definition) is 2. The van der Waals surface area contributed by atoms with Crippen molar-refractivity contribution in [2.24, 2.45) is 0 Å². The van der Waals surface area contributed by atoms with Crippen molar-refractivity contribution in [3.63, 3.8) is 0 Å². The van der Waals surface area contributed by atoms with Crippen LogP contribution in [0.4, 0.5) is 10.5 Å². The number of carbonyl (C=O) groups excluding carboxylic acids is 1. The zero-order valence-electron chi connectivity index (χ0n) is 8.87. The summed E-state index contributed by atoms with van der Waals surface area (Å²) in [5, 5.41) is 14.2. The van der Waals surface area contributed by atoms with E-state index in [0.29, 0.717) is 10.2 Å². The molecule has 0 saturated heterocycles. The van der Waals surface area contributed by atoms with E-state index in [4.69, 9.17) is 5.11 Å². The second-order valence-corrected chi connectivity index (χ2v) is 4.82. The highest BCUT2D eigenvalue weighted by Crippen LogP contribution is 2.21. The van der Waals surface area contributed by atoms with E-state index in [1.807, 2.05) is 0 Å². The van der Waals surface area contributed by atoms with Crippen molar-refractivity contribution in [3.05, 3.63) is 28.2 Å². The number of carboxylic acid groups (broad SMARTS) is 1. The van der Waals surface area contributed by atoms with Crippen LogP contribution in [0.15, 0.2) is 22.7 Å². The maximum atomic E-state index is 11.5. The zero-order valence-corrected chi connectivity index (χ0v) is 10.5. The molecule has 1 aliphatic rings. The quantitative estimate of drug-likeness (QED) is 0.802. The summed E-state index contributed by atoms with van der Waals surface area (Å²) in [6.07, 6.45) is 2.01. The fourth-order valence-corrected chi connectivity index (χ4v) is 1.86. The number of anilines is 1. The number of aromatic carboxylic acids is 1. The Morgan fingerprint density at radius 3 is 2.59 bits per heavy atom. The average Bonchev–Trinajstić information content (AvgIpc) is 3.00. The molecular weight excluding hydrogens is 288 g/mol. The molecule has 0 unspecified atom stereocenters. The molecule has 1 aliphatic carbocycles. The van der Waals surface area contributed by atoms with Crippen molar-refractivity contribution in [1.82, 2.24) is 5.32 Å². The lowest BCUT2D eigenvalue weighted by Crippen LogP contribution is -2.30. The van der Waals surface area contributed by atoms with Crippen LogP contribution in [-0.4, -0.2) is 23.1 Å². The molecule has 0 aromatic heterocycles. The van der Waals surface area contributed by atoms with Crippen molar-refractivity contribution in [2.75, 3.05) is 5.32 Å². The van der Waals surface area contributed by atoms with Crippen LogP contribution in [-0.2, 0) is 0 Å². The summed E-state index contributed by atoms with van der Waals surface area (Å²) in [6, 6.07) is 4.51. The number of halogens is 1. The second-order valence-electron chi connectivity index (χ2n) is 3.91. The van der Waals surface area contributed by atoms with Crippen molar-refractivity contribution >= 4 is 33.6 Å². The van der Waals surface area contributed by atoms with Crippen LogP contribution in [0.1, 0.15) is 23.2 Å². The first-order valence-electron chi connectivity index (χ1n) is 5.16. The van der Waals surface area contributed by atoms with E-state index in [-0.39, 0.29) is 17.6 Å². The van der Waals surface area contributed by atoms with Crippen molar-refractivity contribution in [1.29, 1.82) is 0 Å². The molecule has 2 amide bonds. The van der Waals surface area contributed by atoms with Gasteiger partial charge < -0.3 is 15.7 Å². The van der Waals surface area contributed by atoms with Gasteiger partial charge in [-0.3, -0.25) is 0 Å². The normalized spacial score (nSPS) is 14.2. The SMILES string of the molecule is O=C(Nc1cc(Br)cc(C(=O)O)c1)NC1CC1. The van der Waals surface area contributed by atoms with E-state index in [1.54, 1.807) is 6.07 Å². The van der Waals surface area contributed by atoms with Crippen molar-refractivity contribution < 1.29 is 14.7 Å². The minimum absolute atomic E-state index is 0.126. The third-order valence-corrected chi connectivity index (χ3v) is 2.77. The van der Waals surface area contributed by atoms with Gasteiger partial charge in [-0.25, -0.2) is 9.59 Å². The van der Waals surface area contributed by atoms with E-state index in [9.17, 15) is 9.59 Å². The molecule has 3 N–H and O–H groups in total. The maximum Gasteiger partial charge on any atom is 0.335 e. The molecule has 0 heterocycles. The summed E-state index contributed by atoms with van der Waals surface area (Å²) in [5.41, 5.74) is 0.580. The molecule has 2 rings (SSSR count). The van der Waals surface area contributed by atoms with Crippen LogP contribution < -0.4 is 10.6 Å². The summed E-state index contributed by atoms with van der Waals surface area (Å²) in [5.74, 6) is -1.03. The molecule has 0 atom stereocenters. The fraction of sp³-hybridized carbons (Fsp3) is 0.273. The van der Waals surface area contributed by atoms with Crippen molar-refractivity contribution in [3.8, 4) is 0 Å².